The molecule has 5 aromatic rings. The van der Waals surface area contributed by atoms with E-state index in [4.69, 9.17) is 26.1 Å². The summed E-state index contributed by atoms with van der Waals surface area (Å²) in [5.41, 5.74) is 4.51. The maximum Gasteiger partial charge on any atom is 0.412 e. The normalized spacial score (nSPS) is 14.3. The lowest BCUT2D eigenvalue weighted by Gasteiger charge is -2.19. The van der Waals surface area contributed by atoms with E-state index in [0.717, 1.165) is 28.8 Å². The van der Waals surface area contributed by atoms with Gasteiger partial charge in [-0.1, -0.05) is 48.6 Å². The molecule has 1 atom stereocenters. The average molecular weight is 725 g/mol. The summed E-state index contributed by atoms with van der Waals surface area (Å²) >= 11 is 6.42. The lowest BCUT2D eigenvalue weighted by atomic mass is 10.0. The van der Waals surface area contributed by atoms with Gasteiger partial charge in [-0.15, -0.1) is 5.10 Å². The minimum Gasteiger partial charge on any atom is -0.444 e. The fourth-order valence-electron chi connectivity index (χ4n) is 5.99. The van der Waals surface area contributed by atoms with E-state index >= 15 is 0 Å². The molecule has 0 aliphatic carbocycles. The van der Waals surface area contributed by atoms with Crippen LogP contribution in [0.3, 0.4) is 0 Å². The zero-order chi connectivity index (χ0) is 36.5. The molecule has 12 nitrogen and oxygen atoms in total. The smallest absolute Gasteiger partial charge is 0.412 e. The Morgan fingerprint density at radius 3 is 2.53 bits per heavy atom. The van der Waals surface area contributed by atoms with Gasteiger partial charge in [0.05, 0.1) is 23.6 Å². The Balaban J connectivity index is 1.32. The topological polar surface area (TPSA) is 142 Å². The molecule has 0 radical (unpaired) electrons. The Morgan fingerprint density at radius 2 is 1.84 bits per heavy atom. The number of benzene rings is 2. The maximum absolute atomic E-state index is 14.0. The lowest BCUT2D eigenvalue weighted by molar-refractivity contribution is 0.0636. The monoisotopic (exact) mass is 724 g/mol. The number of nitriles is 1. The highest BCUT2D eigenvalue weighted by Crippen LogP contribution is 2.35. The number of carbonyl (C=O) groups is 1. The molecule has 2 aromatic carbocycles. The van der Waals surface area contributed by atoms with Gasteiger partial charge >= 0.3 is 6.09 Å². The third kappa shape index (κ3) is 8.48. The van der Waals surface area contributed by atoms with E-state index in [0.29, 0.717) is 53.7 Å². The number of imidazole rings is 1. The number of anilines is 1. The van der Waals surface area contributed by atoms with Gasteiger partial charge in [0, 0.05) is 54.5 Å². The molecule has 264 valence electrons. The molecule has 1 aliphatic heterocycles. The number of rotatable bonds is 10. The number of carbonyl (C=O) groups excluding carboxylic acids is 1. The minimum absolute atomic E-state index is 0.166. The van der Waals surface area contributed by atoms with Crippen LogP contribution in [0.4, 0.5) is 10.5 Å². The second-order valence-corrected chi connectivity index (χ2v) is 20.9. The molecule has 6 rings (SSSR count). The molecule has 3 aromatic heterocycles. The van der Waals surface area contributed by atoms with E-state index in [9.17, 15) is 14.9 Å². The molecule has 1 aliphatic rings. The Hall–Kier alpha value is -5.03. The van der Waals surface area contributed by atoms with Crippen LogP contribution >= 0.6 is 11.6 Å². The molecule has 0 unspecified atom stereocenters. The highest BCUT2D eigenvalue weighted by molar-refractivity contribution is 6.76. The third-order valence-corrected chi connectivity index (χ3v) is 10.4. The van der Waals surface area contributed by atoms with Crippen LogP contribution in [0.5, 0.6) is 0 Å². The molecule has 0 saturated heterocycles. The number of aryl methyl sites for hydroxylation is 1. The summed E-state index contributed by atoms with van der Waals surface area (Å²) < 4.78 is 16.9. The van der Waals surface area contributed by atoms with Gasteiger partial charge in [-0.05, 0) is 81.6 Å². The molecular weight excluding hydrogens is 684 g/mol. The number of halogens is 1. The Kier molecular flexibility index (Phi) is 10.0. The van der Waals surface area contributed by atoms with Crippen LogP contribution in [0, 0.1) is 11.3 Å². The van der Waals surface area contributed by atoms with Crippen LogP contribution < -0.4 is 10.9 Å². The Morgan fingerprint density at radius 1 is 1.08 bits per heavy atom. The highest BCUT2D eigenvalue weighted by Gasteiger charge is 2.30. The largest absolute Gasteiger partial charge is 0.444 e. The average Bonchev–Trinajstić information content (AvgIpc) is 3.81. The second-order valence-electron chi connectivity index (χ2n) is 14.8. The Labute approximate surface area is 302 Å². The van der Waals surface area contributed by atoms with Gasteiger partial charge in [0.25, 0.3) is 5.56 Å². The summed E-state index contributed by atoms with van der Waals surface area (Å²) in [4.78, 5) is 31.4. The molecule has 4 heterocycles. The van der Waals surface area contributed by atoms with Crippen molar-refractivity contribution in [3.8, 4) is 34.1 Å². The summed E-state index contributed by atoms with van der Waals surface area (Å²) in [5.74, 6) is 0.734. The fourth-order valence-corrected chi connectivity index (χ4v) is 6.92. The predicted molar refractivity (Wildman–Crippen MR) is 199 cm³/mol. The Bertz CT molecular complexity index is 2170. The van der Waals surface area contributed by atoms with E-state index < -0.39 is 19.8 Å². The molecule has 0 spiro atoms. The van der Waals surface area contributed by atoms with Crippen molar-refractivity contribution in [2.45, 2.75) is 77.7 Å². The van der Waals surface area contributed by atoms with Crippen LogP contribution in [0.2, 0.25) is 30.7 Å². The number of aromatic nitrogens is 6. The van der Waals surface area contributed by atoms with Crippen molar-refractivity contribution >= 4 is 31.5 Å². The SMILES string of the molecule is CC(C)(C)OC(=O)Nc1ccc(-c2cn(COCC[Si](C)(C)C)c([C@@H]3CCc4cc(-c5cc(Cl)ccc5-n5cc(C#N)nn5)cc(=O)n43)n2)cc1. The zero-order valence-electron chi connectivity index (χ0n) is 29.6. The maximum atomic E-state index is 14.0. The summed E-state index contributed by atoms with van der Waals surface area (Å²) in [5, 5.41) is 20.6. The van der Waals surface area contributed by atoms with E-state index in [1.807, 2.05) is 72.5 Å². The molecule has 1 N–H and O–H groups in total. The lowest BCUT2D eigenvalue weighted by Crippen LogP contribution is -2.27. The van der Waals surface area contributed by atoms with Crippen molar-refractivity contribution in [1.82, 2.24) is 29.1 Å². The van der Waals surface area contributed by atoms with Crippen molar-refractivity contribution in [1.29, 1.82) is 5.26 Å². The van der Waals surface area contributed by atoms with Crippen LogP contribution in [0.1, 0.15) is 50.4 Å². The predicted octanol–water partition coefficient (Wildman–Crippen LogP) is 7.68. The fraction of sp³-hybridized carbons (Fsp3) is 0.351. The van der Waals surface area contributed by atoms with Crippen molar-refractivity contribution in [2.24, 2.45) is 0 Å². The molecule has 1 amide bonds. The number of pyridine rings is 1. The highest BCUT2D eigenvalue weighted by atomic mass is 35.5. The first-order valence-corrected chi connectivity index (χ1v) is 20.9. The van der Waals surface area contributed by atoms with Gasteiger partial charge in [0.1, 0.15) is 24.2 Å². The van der Waals surface area contributed by atoms with E-state index in [1.165, 1.54) is 10.9 Å². The van der Waals surface area contributed by atoms with Crippen molar-refractivity contribution in [3.05, 3.63) is 99.6 Å². The molecule has 14 heteroatoms. The van der Waals surface area contributed by atoms with E-state index in [-0.39, 0.29) is 17.3 Å². The van der Waals surface area contributed by atoms with Crippen LogP contribution in [-0.2, 0) is 22.6 Å². The molecule has 0 bridgehead atoms. The summed E-state index contributed by atoms with van der Waals surface area (Å²) in [6.07, 6.45) is 4.32. The standard InChI is InChI=1S/C37H41ClN8O4Si/c1-37(2,3)50-36(48)40-27-10-7-24(8-11-27)31-22-44(23-49-15-16-51(4,5)6)35(41-31)33-14-12-29-17-25(18-34(47)46(29)33)30-19-26(38)9-13-32(30)45-21-28(20-39)42-43-45/h7-11,13,17-19,21-22,33H,12,14-16,23H2,1-6H3,(H,40,48)/t33-/m0/s1. The number of hydrogen-bond acceptors (Lipinski definition) is 8. The summed E-state index contributed by atoms with van der Waals surface area (Å²) in [7, 11) is -1.30. The number of hydrogen-bond donors (Lipinski definition) is 1. The number of nitrogens with zero attached hydrogens (tertiary/aromatic N) is 7. The van der Waals surface area contributed by atoms with Gasteiger partial charge in [-0.2, -0.15) is 5.26 Å². The third-order valence-electron chi connectivity index (χ3n) is 8.42. The molecule has 0 fully saturated rings. The van der Waals surface area contributed by atoms with Crippen molar-refractivity contribution in [2.75, 3.05) is 11.9 Å². The minimum atomic E-state index is -1.30. The molecular formula is C37H41ClN8O4Si. The zero-order valence-corrected chi connectivity index (χ0v) is 31.4. The first-order chi connectivity index (χ1) is 24.2. The number of amides is 1. The number of ether oxygens (including phenoxy) is 2. The van der Waals surface area contributed by atoms with Gasteiger partial charge in [0.2, 0.25) is 0 Å². The van der Waals surface area contributed by atoms with Gasteiger partial charge < -0.3 is 18.6 Å². The van der Waals surface area contributed by atoms with E-state index in [2.05, 4.69) is 35.3 Å². The van der Waals surface area contributed by atoms with Crippen LogP contribution in [0.25, 0.3) is 28.1 Å². The second kappa shape index (κ2) is 14.3. The summed E-state index contributed by atoms with van der Waals surface area (Å²) in [6.45, 7) is 13.3. The van der Waals surface area contributed by atoms with Gasteiger partial charge in [-0.3, -0.25) is 10.1 Å². The van der Waals surface area contributed by atoms with Crippen molar-refractivity contribution < 1.29 is 14.3 Å². The van der Waals surface area contributed by atoms with Crippen LogP contribution in [-0.4, -0.2) is 55.5 Å². The van der Waals surface area contributed by atoms with Gasteiger partial charge in [-0.25, -0.2) is 14.5 Å². The first-order valence-electron chi connectivity index (χ1n) is 16.8. The number of fused-ring (bicyclic) bond motifs is 1. The van der Waals surface area contributed by atoms with Gasteiger partial charge in [0.15, 0.2) is 5.69 Å². The molecule has 0 saturated carbocycles. The summed E-state index contributed by atoms with van der Waals surface area (Å²) in [6, 6.07) is 19.1. The first kappa shape index (κ1) is 35.8. The quantitative estimate of drug-likeness (QED) is 0.114. The van der Waals surface area contributed by atoms with Crippen LogP contribution in [0.15, 0.2) is 71.8 Å². The van der Waals surface area contributed by atoms with Crippen molar-refractivity contribution in [3.63, 3.8) is 0 Å². The number of nitrogens with one attached hydrogen (secondary N) is 1. The molecule has 51 heavy (non-hydrogen) atoms. The van der Waals surface area contributed by atoms with E-state index in [1.54, 1.807) is 24.3 Å².